The lowest BCUT2D eigenvalue weighted by molar-refractivity contribution is -0.0328. The first kappa shape index (κ1) is 14.4. The lowest BCUT2D eigenvalue weighted by atomic mass is 10.1. The van der Waals surface area contributed by atoms with Crippen LogP contribution in [0.5, 0.6) is 0 Å². The first-order chi connectivity index (χ1) is 11.3. The van der Waals surface area contributed by atoms with Crippen LogP contribution < -0.4 is 0 Å². The van der Waals surface area contributed by atoms with Crippen LogP contribution in [0.25, 0.3) is 11.0 Å². The maximum Gasteiger partial charge on any atom is 0.0955 e. The molecular formula is C19H21N3O. The van der Waals surface area contributed by atoms with E-state index in [9.17, 15) is 0 Å². The first-order valence-corrected chi connectivity index (χ1v) is 8.08. The number of morpholine rings is 1. The van der Waals surface area contributed by atoms with Gasteiger partial charge in [0.05, 0.1) is 30.1 Å². The van der Waals surface area contributed by atoms with Crippen molar-refractivity contribution in [1.82, 2.24) is 14.5 Å². The predicted molar refractivity (Wildman–Crippen MR) is 91.1 cm³/mol. The van der Waals surface area contributed by atoms with Gasteiger partial charge in [-0.25, -0.2) is 4.98 Å². The fourth-order valence-electron chi connectivity index (χ4n) is 3.23. The van der Waals surface area contributed by atoms with E-state index in [0.29, 0.717) is 0 Å². The van der Waals surface area contributed by atoms with Crippen molar-refractivity contribution < 1.29 is 4.74 Å². The molecule has 0 saturated carbocycles. The smallest absolute Gasteiger partial charge is 0.0955 e. The van der Waals surface area contributed by atoms with Crippen molar-refractivity contribution in [3.8, 4) is 0 Å². The zero-order valence-corrected chi connectivity index (χ0v) is 13.4. The second-order valence-electron chi connectivity index (χ2n) is 6.18. The summed E-state index contributed by atoms with van der Waals surface area (Å²) in [6.07, 6.45) is 1.99. The topological polar surface area (TPSA) is 30.3 Å². The van der Waals surface area contributed by atoms with Crippen LogP contribution in [0.1, 0.15) is 17.2 Å². The summed E-state index contributed by atoms with van der Waals surface area (Å²) in [5.74, 6) is 0. The number of imidazole rings is 1. The highest BCUT2D eigenvalue weighted by Crippen LogP contribution is 2.26. The number of hydrogen-bond acceptors (Lipinski definition) is 3. The van der Waals surface area contributed by atoms with Crippen LogP contribution in [-0.4, -0.2) is 34.1 Å². The molecular weight excluding hydrogens is 286 g/mol. The molecule has 2 heterocycles. The minimum Gasteiger partial charge on any atom is -0.371 e. The Morgan fingerprint density at radius 2 is 2.04 bits per heavy atom. The molecule has 0 N–H and O–H groups in total. The quantitative estimate of drug-likeness (QED) is 0.744. The van der Waals surface area contributed by atoms with Gasteiger partial charge in [-0.2, -0.15) is 0 Å². The lowest BCUT2D eigenvalue weighted by Crippen LogP contribution is -2.37. The molecule has 0 aliphatic carbocycles. The lowest BCUT2D eigenvalue weighted by Gasteiger charge is -2.33. The number of hydrogen-bond donors (Lipinski definition) is 0. The van der Waals surface area contributed by atoms with Crippen LogP contribution in [0, 0.1) is 0 Å². The molecule has 1 fully saturated rings. The molecule has 1 atom stereocenters. The Hall–Kier alpha value is -2.17. The van der Waals surface area contributed by atoms with Gasteiger partial charge in [0.25, 0.3) is 0 Å². The number of aryl methyl sites for hydroxylation is 1. The van der Waals surface area contributed by atoms with Gasteiger partial charge >= 0.3 is 0 Å². The van der Waals surface area contributed by atoms with Crippen LogP contribution in [-0.2, 0) is 18.3 Å². The van der Waals surface area contributed by atoms with Gasteiger partial charge in [0.2, 0.25) is 0 Å². The maximum absolute atomic E-state index is 6.03. The molecule has 1 saturated heterocycles. The molecule has 0 bridgehead atoms. The molecule has 0 radical (unpaired) electrons. The Kier molecular flexibility index (Phi) is 3.85. The largest absolute Gasteiger partial charge is 0.371 e. The van der Waals surface area contributed by atoms with Crippen LogP contribution >= 0.6 is 0 Å². The van der Waals surface area contributed by atoms with E-state index >= 15 is 0 Å². The Labute approximate surface area is 136 Å². The Balaban J connectivity index is 1.52. The molecule has 3 aromatic rings. The van der Waals surface area contributed by atoms with Gasteiger partial charge in [-0.05, 0) is 23.3 Å². The second-order valence-corrected chi connectivity index (χ2v) is 6.18. The van der Waals surface area contributed by atoms with Crippen molar-refractivity contribution in [2.75, 3.05) is 19.7 Å². The summed E-state index contributed by atoms with van der Waals surface area (Å²) < 4.78 is 8.08. The minimum atomic E-state index is 0.131. The van der Waals surface area contributed by atoms with E-state index in [-0.39, 0.29) is 6.10 Å². The third-order valence-electron chi connectivity index (χ3n) is 4.52. The molecule has 4 nitrogen and oxygen atoms in total. The van der Waals surface area contributed by atoms with E-state index in [1.54, 1.807) is 0 Å². The third kappa shape index (κ3) is 3.00. The Morgan fingerprint density at radius 1 is 1.17 bits per heavy atom. The molecule has 118 valence electrons. The van der Waals surface area contributed by atoms with E-state index in [0.717, 1.165) is 37.3 Å². The van der Waals surface area contributed by atoms with Crippen molar-refractivity contribution in [1.29, 1.82) is 0 Å². The number of nitrogens with zero attached hydrogens (tertiary/aromatic N) is 3. The molecule has 1 aliphatic heterocycles. The van der Waals surface area contributed by atoms with E-state index in [1.807, 2.05) is 13.4 Å². The van der Waals surface area contributed by atoms with Gasteiger partial charge in [0.1, 0.15) is 0 Å². The summed E-state index contributed by atoms with van der Waals surface area (Å²) in [7, 11) is 2.03. The van der Waals surface area contributed by atoms with Crippen LogP contribution in [0.15, 0.2) is 54.9 Å². The summed E-state index contributed by atoms with van der Waals surface area (Å²) in [6, 6.07) is 17.1. The first-order valence-electron chi connectivity index (χ1n) is 8.08. The molecule has 4 heteroatoms. The molecule has 2 aromatic carbocycles. The van der Waals surface area contributed by atoms with E-state index in [1.165, 1.54) is 11.1 Å². The van der Waals surface area contributed by atoms with Crippen molar-refractivity contribution in [3.63, 3.8) is 0 Å². The fraction of sp³-hybridized carbons (Fsp3) is 0.316. The van der Waals surface area contributed by atoms with Gasteiger partial charge in [-0.3, -0.25) is 4.90 Å². The van der Waals surface area contributed by atoms with Crippen molar-refractivity contribution in [2.45, 2.75) is 12.6 Å². The van der Waals surface area contributed by atoms with Gasteiger partial charge in [0, 0.05) is 26.7 Å². The number of ether oxygens (including phenoxy) is 1. The average Bonchev–Trinajstić information content (AvgIpc) is 2.97. The molecule has 0 unspecified atom stereocenters. The van der Waals surface area contributed by atoms with Crippen LogP contribution in [0.2, 0.25) is 0 Å². The molecule has 23 heavy (non-hydrogen) atoms. The molecule has 0 spiro atoms. The highest BCUT2D eigenvalue weighted by atomic mass is 16.5. The fourth-order valence-corrected chi connectivity index (χ4v) is 3.23. The summed E-state index contributed by atoms with van der Waals surface area (Å²) in [6.45, 7) is 3.67. The van der Waals surface area contributed by atoms with E-state index in [2.05, 4.69) is 63.0 Å². The predicted octanol–water partition coefficient (Wildman–Crippen LogP) is 3.15. The highest BCUT2D eigenvalue weighted by Gasteiger charge is 2.22. The Morgan fingerprint density at radius 3 is 2.91 bits per heavy atom. The van der Waals surface area contributed by atoms with E-state index < -0.39 is 0 Å². The van der Waals surface area contributed by atoms with Gasteiger partial charge in [-0.15, -0.1) is 0 Å². The number of fused-ring (bicyclic) bond motifs is 1. The SMILES string of the molecule is Cn1cnc2ccc([C@@H]3CN(Cc4ccccc4)CCO3)cc21. The van der Waals surface area contributed by atoms with E-state index in [4.69, 9.17) is 4.74 Å². The zero-order chi connectivity index (χ0) is 15.6. The van der Waals surface area contributed by atoms with Crippen LogP contribution in [0.4, 0.5) is 0 Å². The average molecular weight is 307 g/mol. The minimum absolute atomic E-state index is 0.131. The Bertz CT molecular complexity index is 797. The number of benzene rings is 2. The van der Waals surface area contributed by atoms with Crippen molar-refractivity contribution in [3.05, 3.63) is 66.0 Å². The molecule has 0 amide bonds. The maximum atomic E-state index is 6.03. The van der Waals surface area contributed by atoms with Gasteiger partial charge in [0.15, 0.2) is 0 Å². The molecule has 1 aromatic heterocycles. The van der Waals surface area contributed by atoms with Crippen molar-refractivity contribution >= 4 is 11.0 Å². The zero-order valence-electron chi connectivity index (χ0n) is 13.4. The molecule has 4 rings (SSSR count). The summed E-state index contributed by atoms with van der Waals surface area (Å²) in [5.41, 5.74) is 4.79. The summed E-state index contributed by atoms with van der Waals surface area (Å²) in [4.78, 5) is 6.86. The third-order valence-corrected chi connectivity index (χ3v) is 4.52. The standard InChI is InChI=1S/C19H21N3O/c1-21-14-20-17-8-7-16(11-18(17)21)19-13-22(9-10-23-19)12-15-5-3-2-4-6-15/h2-8,11,14,19H,9-10,12-13H2,1H3/t19-/m0/s1. The number of rotatable bonds is 3. The summed E-state index contributed by atoms with van der Waals surface area (Å²) in [5, 5.41) is 0. The highest BCUT2D eigenvalue weighted by molar-refractivity contribution is 5.76. The normalized spacial score (nSPS) is 19.3. The second kappa shape index (κ2) is 6.14. The molecule has 1 aliphatic rings. The summed E-state index contributed by atoms with van der Waals surface area (Å²) >= 11 is 0. The monoisotopic (exact) mass is 307 g/mol. The van der Waals surface area contributed by atoms with Crippen molar-refractivity contribution in [2.24, 2.45) is 7.05 Å². The van der Waals surface area contributed by atoms with Gasteiger partial charge in [-0.1, -0.05) is 36.4 Å². The van der Waals surface area contributed by atoms with Gasteiger partial charge < -0.3 is 9.30 Å². The van der Waals surface area contributed by atoms with Crippen LogP contribution in [0.3, 0.4) is 0 Å². The number of aromatic nitrogens is 2.